The van der Waals surface area contributed by atoms with Crippen LogP contribution in [0.4, 0.5) is 0 Å². The van der Waals surface area contributed by atoms with Crippen molar-refractivity contribution < 1.29 is 4.79 Å². The first kappa shape index (κ1) is 8.55. The molecular weight excluding hydrogens is 130 g/mol. The van der Waals surface area contributed by atoms with E-state index >= 15 is 0 Å². The third kappa shape index (κ3) is 4.70. The van der Waals surface area contributed by atoms with Crippen LogP contribution in [0.25, 0.3) is 0 Å². The van der Waals surface area contributed by atoms with Gasteiger partial charge in [-0.05, 0) is 6.92 Å². The van der Waals surface area contributed by atoms with Gasteiger partial charge in [0.15, 0.2) is 0 Å². The number of carbonyl (C=O) groups is 1. The van der Waals surface area contributed by atoms with Crippen LogP contribution in [0.15, 0.2) is 18.6 Å². The fourth-order valence-electron chi connectivity index (χ4n) is 0.374. The minimum atomic E-state index is 0.250. The second-order valence-corrected chi connectivity index (χ2v) is 1.48. The standard InChI is InChI=1S/C5H6N2.CH3NO/c1-5-4-6-2-3-7-5;2-1-3/h2-4H,1H3;1H,(H2,2,3). The van der Waals surface area contributed by atoms with E-state index in [9.17, 15) is 0 Å². The van der Waals surface area contributed by atoms with E-state index in [4.69, 9.17) is 4.79 Å². The molecular formula is C6H9N3O. The van der Waals surface area contributed by atoms with Crippen molar-refractivity contribution in [1.82, 2.24) is 9.97 Å². The zero-order valence-corrected chi connectivity index (χ0v) is 5.69. The van der Waals surface area contributed by atoms with E-state index in [0.717, 1.165) is 5.69 Å². The fraction of sp³-hybridized carbons (Fsp3) is 0.167. The number of nitrogens with two attached hydrogens (primary N) is 1. The largest absolute Gasteiger partial charge is 0.372 e. The van der Waals surface area contributed by atoms with Crippen molar-refractivity contribution in [2.75, 3.05) is 0 Å². The molecule has 0 saturated heterocycles. The molecule has 4 heteroatoms. The molecule has 0 aromatic carbocycles. The summed E-state index contributed by atoms with van der Waals surface area (Å²) in [4.78, 5) is 16.3. The summed E-state index contributed by atoms with van der Waals surface area (Å²) in [5.41, 5.74) is 5.13. The molecule has 0 spiro atoms. The van der Waals surface area contributed by atoms with Crippen LogP contribution in [0.3, 0.4) is 0 Å². The summed E-state index contributed by atoms with van der Waals surface area (Å²) in [6.07, 6.45) is 5.31. The van der Waals surface area contributed by atoms with Crippen LogP contribution in [-0.2, 0) is 4.79 Å². The van der Waals surface area contributed by atoms with E-state index < -0.39 is 0 Å². The lowest BCUT2D eigenvalue weighted by molar-refractivity contribution is -0.106. The summed E-state index contributed by atoms with van der Waals surface area (Å²) in [6.45, 7) is 1.91. The maximum atomic E-state index is 8.58. The quantitative estimate of drug-likeness (QED) is 0.510. The van der Waals surface area contributed by atoms with Gasteiger partial charge in [0.1, 0.15) is 0 Å². The third-order valence-corrected chi connectivity index (χ3v) is 0.692. The number of aryl methyl sites for hydroxylation is 1. The highest BCUT2D eigenvalue weighted by Crippen LogP contribution is 1.81. The molecule has 0 bridgehead atoms. The second-order valence-electron chi connectivity index (χ2n) is 1.48. The van der Waals surface area contributed by atoms with Crippen molar-refractivity contribution in [3.8, 4) is 0 Å². The lowest BCUT2D eigenvalue weighted by Crippen LogP contribution is -1.82. The highest BCUT2D eigenvalue weighted by Gasteiger charge is 1.74. The van der Waals surface area contributed by atoms with E-state index in [1.807, 2.05) is 6.92 Å². The predicted octanol–water partition coefficient (Wildman–Crippen LogP) is -0.113. The molecule has 1 aromatic rings. The van der Waals surface area contributed by atoms with Gasteiger partial charge in [-0.25, -0.2) is 0 Å². The molecule has 0 aliphatic carbocycles. The first-order valence-corrected chi connectivity index (χ1v) is 2.69. The van der Waals surface area contributed by atoms with Crippen LogP contribution in [-0.4, -0.2) is 16.4 Å². The molecule has 0 radical (unpaired) electrons. The summed E-state index contributed by atoms with van der Waals surface area (Å²) in [6, 6.07) is 0. The van der Waals surface area contributed by atoms with Crippen LogP contribution in [0.1, 0.15) is 5.69 Å². The molecule has 0 unspecified atom stereocenters. The summed E-state index contributed by atoms with van der Waals surface area (Å²) in [5, 5.41) is 0. The molecule has 0 aliphatic rings. The number of hydrogen-bond acceptors (Lipinski definition) is 3. The number of primary amides is 1. The minimum absolute atomic E-state index is 0.250. The molecule has 1 rings (SSSR count). The van der Waals surface area contributed by atoms with Gasteiger partial charge < -0.3 is 5.73 Å². The van der Waals surface area contributed by atoms with E-state index in [1.54, 1.807) is 18.6 Å². The monoisotopic (exact) mass is 139 g/mol. The lowest BCUT2D eigenvalue weighted by atomic mass is 10.5. The van der Waals surface area contributed by atoms with Gasteiger partial charge >= 0.3 is 0 Å². The van der Waals surface area contributed by atoms with Gasteiger partial charge in [0, 0.05) is 18.6 Å². The maximum Gasteiger partial charge on any atom is 0.204 e. The molecule has 1 heterocycles. The fourth-order valence-corrected chi connectivity index (χ4v) is 0.374. The molecule has 4 nitrogen and oxygen atoms in total. The van der Waals surface area contributed by atoms with E-state index in [0.29, 0.717) is 0 Å². The topological polar surface area (TPSA) is 68.9 Å². The van der Waals surface area contributed by atoms with Gasteiger partial charge in [0.05, 0.1) is 5.69 Å². The number of rotatable bonds is 0. The summed E-state index contributed by atoms with van der Waals surface area (Å²) < 4.78 is 0. The molecule has 1 amide bonds. The average molecular weight is 139 g/mol. The molecule has 0 atom stereocenters. The summed E-state index contributed by atoms with van der Waals surface area (Å²) in [5.74, 6) is 0. The first-order valence-electron chi connectivity index (χ1n) is 2.69. The van der Waals surface area contributed by atoms with E-state index in [1.165, 1.54) is 0 Å². The van der Waals surface area contributed by atoms with Gasteiger partial charge in [-0.2, -0.15) is 0 Å². The van der Waals surface area contributed by atoms with Crippen LogP contribution in [0.5, 0.6) is 0 Å². The van der Waals surface area contributed by atoms with Gasteiger partial charge in [-0.15, -0.1) is 0 Å². The molecule has 10 heavy (non-hydrogen) atoms. The van der Waals surface area contributed by atoms with Crippen molar-refractivity contribution in [2.24, 2.45) is 5.73 Å². The Balaban J connectivity index is 0.000000236. The Morgan fingerprint density at radius 3 is 2.40 bits per heavy atom. The Labute approximate surface area is 59.1 Å². The molecule has 2 N–H and O–H groups in total. The zero-order valence-electron chi connectivity index (χ0n) is 5.69. The van der Waals surface area contributed by atoms with Gasteiger partial charge in [0.25, 0.3) is 0 Å². The van der Waals surface area contributed by atoms with Crippen LogP contribution in [0.2, 0.25) is 0 Å². The highest BCUT2D eigenvalue weighted by atomic mass is 16.1. The Bertz CT molecular complexity index is 176. The van der Waals surface area contributed by atoms with Crippen LogP contribution in [0, 0.1) is 6.92 Å². The summed E-state index contributed by atoms with van der Waals surface area (Å²) >= 11 is 0. The average Bonchev–Trinajstić information content (AvgIpc) is 1.91. The Hall–Kier alpha value is -1.45. The minimum Gasteiger partial charge on any atom is -0.372 e. The van der Waals surface area contributed by atoms with Crippen molar-refractivity contribution in [2.45, 2.75) is 6.92 Å². The van der Waals surface area contributed by atoms with Gasteiger partial charge in [-0.3, -0.25) is 14.8 Å². The molecule has 0 saturated carbocycles. The molecule has 54 valence electrons. The number of nitrogens with zero attached hydrogens (tertiary/aromatic N) is 2. The molecule has 0 aliphatic heterocycles. The number of aromatic nitrogens is 2. The number of hydrogen-bond donors (Lipinski definition) is 1. The van der Waals surface area contributed by atoms with Gasteiger partial charge in [-0.1, -0.05) is 0 Å². The summed E-state index contributed by atoms with van der Waals surface area (Å²) in [7, 11) is 0. The third-order valence-electron chi connectivity index (χ3n) is 0.692. The maximum absolute atomic E-state index is 8.58. The Morgan fingerprint density at radius 1 is 1.60 bits per heavy atom. The van der Waals surface area contributed by atoms with Crippen molar-refractivity contribution in [1.29, 1.82) is 0 Å². The van der Waals surface area contributed by atoms with Crippen molar-refractivity contribution in [3.63, 3.8) is 0 Å². The smallest absolute Gasteiger partial charge is 0.204 e. The zero-order chi connectivity index (χ0) is 7.82. The van der Waals surface area contributed by atoms with E-state index in [2.05, 4.69) is 15.7 Å². The lowest BCUT2D eigenvalue weighted by Gasteiger charge is -1.81. The van der Waals surface area contributed by atoms with E-state index in [-0.39, 0.29) is 6.41 Å². The highest BCUT2D eigenvalue weighted by molar-refractivity contribution is 5.42. The molecule has 1 aromatic heterocycles. The number of amides is 1. The SMILES string of the molecule is Cc1cnccn1.NC=O. The van der Waals surface area contributed by atoms with Crippen LogP contribution >= 0.6 is 0 Å². The second kappa shape index (κ2) is 5.68. The van der Waals surface area contributed by atoms with Crippen molar-refractivity contribution in [3.05, 3.63) is 24.3 Å². The van der Waals surface area contributed by atoms with Gasteiger partial charge in [0.2, 0.25) is 6.41 Å². The number of carbonyl (C=O) groups excluding carboxylic acids is 1. The Kier molecular flexibility index (Phi) is 4.86. The Morgan fingerprint density at radius 2 is 2.20 bits per heavy atom. The normalized spacial score (nSPS) is 7.30. The molecule has 0 fully saturated rings. The van der Waals surface area contributed by atoms with Crippen LogP contribution < -0.4 is 5.73 Å². The first-order chi connectivity index (χ1) is 4.81. The predicted molar refractivity (Wildman–Crippen MR) is 37.0 cm³/mol. The van der Waals surface area contributed by atoms with Crippen molar-refractivity contribution >= 4 is 6.41 Å².